The normalized spacial score (nSPS) is 9.70. The van der Waals surface area contributed by atoms with Gasteiger partial charge in [0, 0.05) is 13.7 Å². The SMILES string of the molecule is COCCNOCC(N)=O. The van der Waals surface area contributed by atoms with E-state index in [-0.39, 0.29) is 6.61 Å². The summed E-state index contributed by atoms with van der Waals surface area (Å²) in [5.41, 5.74) is 7.26. The number of carbonyl (C=O) groups excluding carboxylic acids is 1. The van der Waals surface area contributed by atoms with E-state index >= 15 is 0 Å². The van der Waals surface area contributed by atoms with Crippen LogP contribution in [0.4, 0.5) is 0 Å². The highest BCUT2D eigenvalue weighted by molar-refractivity contribution is 5.74. The van der Waals surface area contributed by atoms with Crippen LogP contribution in [0.2, 0.25) is 0 Å². The maximum absolute atomic E-state index is 10.1. The lowest BCUT2D eigenvalue weighted by molar-refractivity contribution is -0.125. The molecule has 60 valence electrons. The average Bonchev–Trinajstić information content (AvgIpc) is 1.87. The van der Waals surface area contributed by atoms with Gasteiger partial charge in [0.15, 0.2) is 0 Å². The summed E-state index contributed by atoms with van der Waals surface area (Å²) in [6.45, 7) is 0.978. The molecule has 0 bridgehead atoms. The van der Waals surface area contributed by atoms with E-state index in [1.165, 1.54) is 0 Å². The number of hydrogen-bond acceptors (Lipinski definition) is 4. The van der Waals surface area contributed by atoms with Gasteiger partial charge in [-0.2, -0.15) is 5.48 Å². The van der Waals surface area contributed by atoms with Crippen LogP contribution in [-0.2, 0) is 14.4 Å². The molecule has 0 fully saturated rings. The predicted octanol–water partition coefficient (Wildman–Crippen LogP) is -1.36. The smallest absolute Gasteiger partial charge is 0.245 e. The third-order valence-corrected chi connectivity index (χ3v) is 0.725. The van der Waals surface area contributed by atoms with Crippen molar-refractivity contribution >= 4 is 5.91 Å². The maximum Gasteiger partial charge on any atom is 0.245 e. The van der Waals surface area contributed by atoms with E-state index in [4.69, 9.17) is 10.5 Å². The van der Waals surface area contributed by atoms with E-state index in [0.29, 0.717) is 13.2 Å². The van der Waals surface area contributed by atoms with Crippen molar-refractivity contribution in [3.05, 3.63) is 0 Å². The number of ether oxygens (including phenoxy) is 1. The fourth-order valence-electron chi connectivity index (χ4n) is 0.338. The van der Waals surface area contributed by atoms with Crippen LogP contribution < -0.4 is 11.2 Å². The number of nitrogens with two attached hydrogens (primary N) is 1. The molecule has 0 aromatic rings. The summed E-state index contributed by atoms with van der Waals surface area (Å²) in [6, 6.07) is 0. The monoisotopic (exact) mass is 148 g/mol. The van der Waals surface area contributed by atoms with E-state index in [2.05, 4.69) is 10.3 Å². The van der Waals surface area contributed by atoms with Gasteiger partial charge in [0.2, 0.25) is 5.91 Å². The summed E-state index contributed by atoms with van der Waals surface area (Å²) in [5, 5.41) is 0. The molecule has 0 aliphatic rings. The summed E-state index contributed by atoms with van der Waals surface area (Å²) >= 11 is 0. The summed E-state index contributed by atoms with van der Waals surface area (Å²) in [7, 11) is 1.58. The number of amides is 1. The first kappa shape index (κ1) is 9.35. The Kier molecular flexibility index (Phi) is 6.05. The molecule has 0 unspecified atom stereocenters. The quantitative estimate of drug-likeness (QED) is 0.360. The lowest BCUT2D eigenvalue weighted by atomic mass is 10.7. The molecule has 1 amide bonds. The molecule has 0 aliphatic heterocycles. The highest BCUT2D eigenvalue weighted by Gasteiger charge is 1.91. The average molecular weight is 148 g/mol. The Morgan fingerprint density at radius 1 is 1.70 bits per heavy atom. The second-order valence-electron chi connectivity index (χ2n) is 1.64. The minimum Gasteiger partial charge on any atom is -0.383 e. The Hall–Kier alpha value is -0.650. The Morgan fingerprint density at radius 2 is 2.40 bits per heavy atom. The molecular weight excluding hydrogens is 136 g/mol. The van der Waals surface area contributed by atoms with E-state index in [0.717, 1.165) is 0 Å². The zero-order valence-electron chi connectivity index (χ0n) is 5.92. The number of methoxy groups -OCH3 is 1. The van der Waals surface area contributed by atoms with Crippen molar-refractivity contribution in [1.29, 1.82) is 0 Å². The van der Waals surface area contributed by atoms with Crippen LogP contribution in [0, 0.1) is 0 Å². The van der Waals surface area contributed by atoms with E-state index in [1.807, 2.05) is 0 Å². The number of primary amides is 1. The van der Waals surface area contributed by atoms with Gasteiger partial charge in [-0.3, -0.25) is 9.63 Å². The highest BCUT2D eigenvalue weighted by atomic mass is 16.6. The van der Waals surface area contributed by atoms with Gasteiger partial charge in [-0.15, -0.1) is 0 Å². The first-order valence-corrected chi connectivity index (χ1v) is 2.89. The van der Waals surface area contributed by atoms with Gasteiger partial charge in [-0.05, 0) is 0 Å². The molecule has 0 aromatic heterocycles. The zero-order chi connectivity index (χ0) is 7.82. The molecule has 10 heavy (non-hydrogen) atoms. The van der Waals surface area contributed by atoms with Crippen LogP contribution in [0.25, 0.3) is 0 Å². The van der Waals surface area contributed by atoms with Crippen molar-refractivity contribution in [3.8, 4) is 0 Å². The molecule has 0 saturated carbocycles. The van der Waals surface area contributed by atoms with Gasteiger partial charge in [0.1, 0.15) is 6.61 Å². The zero-order valence-corrected chi connectivity index (χ0v) is 5.92. The number of rotatable bonds is 6. The van der Waals surface area contributed by atoms with Crippen molar-refractivity contribution in [3.63, 3.8) is 0 Å². The largest absolute Gasteiger partial charge is 0.383 e. The molecule has 5 heteroatoms. The summed E-state index contributed by atoms with van der Waals surface area (Å²) in [6.07, 6.45) is 0. The van der Waals surface area contributed by atoms with E-state index in [1.54, 1.807) is 7.11 Å². The van der Waals surface area contributed by atoms with Gasteiger partial charge in [0.05, 0.1) is 6.61 Å². The lowest BCUT2D eigenvalue weighted by Gasteiger charge is -2.01. The Balaban J connectivity index is 2.84. The van der Waals surface area contributed by atoms with Gasteiger partial charge in [0.25, 0.3) is 0 Å². The summed E-state index contributed by atoms with van der Waals surface area (Å²) < 4.78 is 4.69. The molecule has 0 aliphatic carbocycles. The second kappa shape index (κ2) is 6.47. The van der Waals surface area contributed by atoms with Crippen LogP contribution in [0.3, 0.4) is 0 Å². The molecule has 5 nitrogen and oxygen atoms in total. The number of carbonyl (C=O) groups is 1. The summed E-state index contributed by atoms with van der Waals surface area (Å²) in [5.74, 6) is -0.495. The third kappa shape index (κ3) is 7.35. The van der Waals surface area contributed by atoms with Crippen LogP contribution in [-0.4, -0.2) is 32.8 Å². The highest BCUT2D eigenvalue weighted by Crippen LogP contribution is 1.67. The van der Waals surface area contributed by atoms with Gasteiger partial charge in [-0.1, -0.05) is 0 Å². The molecule has 0 spiro atoms. The van der Waals surface area contributed by atoms with Gasteiger partial charge in [-0.25, -0.2) is 0 Å². The second-order valence-corrected chi connectivity index (χ2v) is 1.64. The van der Waals surface area contributed by atoms with Crippen molar-refractivity contribution in [1.82, 2.24) is 5.48 Å². The van der Waals surface area contributed by atoms with Crippen LogP contribution in [0.15, 0.2) is 0 Å². The Labute approximate surface area is 59.4 Å². The Bertz CT molecular complexity index is 96.9. The Morgan fingerprint density at radius 3 is 2.90 bits per heavy atom. The molecule has 0 heterocycles. The first-order valence-electron chi connectivity index (χ1n) is 2.89. The standard InChI is InChI=1S/C5H12N2O3/c1-9-3-2-7-10-4-5(6)8/h7H,2-4H2,1H3,(H2,6,8). The van der Waals surface area contributed by atoms with Crippen molar-refractivity contribution in [2.45, 2.75) is 0 Å². The first-order chi connectivity index (χ1) is 4.77. The molecule has 0 atom stereocenters. The van der Waals surface area contributed by atoms with Gasteiger partial charge >= 0.3 is 0 Å². The number of nitrogens with one attached hydrogen (secondary N) is 1. The molecule has 0 saturated heterocycles. The van der Waals surface area contributed by atoms with Crippen LogP contribution in [0.1, 0.15) is 0 Å². The van der Waals surface area contributed by atoms with Crippen molar-refractivity contribution in [2.75, 3.05) is 26.9 Å². The minimum atomic E-state index is -0.495. The minimum absolute atomic E-state index is 0.107. The summed E-state index contributed by atoms with van der Waals surface area (Å²) in [4.78, 5) is 14.7. The third-order valence-electron chi connectivity index (χ3n) is 0.725. The molecule has 0 aromatic carbocycles. The van der Waals surface area contributed by atoms with Crippen LogP contribution >= 0.6 is 0 Å². The van der Waals surface area contributed by atoms with Crippen molar-refractivity contribution < 1.29 is 14.4 Å². The predicted molar refractivity (Wildman–Crippen MR) is 35.0 cm³/mol. The fraction of sp³-hybridized carbons (Fsp3) is 0.800. The lowest BCUT2D eigenvalue weighted by Crippen LogP contribution is -2.26. The molecule has 0 rings (SSSR count). The topological polar surface area (TPSA) is 73.6 Å². The molecular formula is C5H12N2O3. The van der Waals surface area contributed by atoms with Crippen LogP contribution in [0.5, 0.6) is 0 Å². The van der Waals surface area contributed by atoms with E-state index < -0.39 is 5.91 Å². The van der Waals surface area contributed by atoms with Crippen molar-refractivity contribution in [2.24, 2.45) is 5.73 Å². The molecule has 3 N–H and O–H groups in total. The molecule has 0 radical (unpaired) electrons. The maximum atomic E-state index is 10.1. The van der Waals surface area contributed by atoms with Gasteiger partial charge < -0.3 is 10.5 Å². The van der Waals surface area contributed by atoms with E-state index in [9.17, 15) is 4.79 Å². The fourth-order valence-corrected chi connectivity index (χ4v) is 0.338. The number of hydrogen-bond donors (Lipinski definition) is 2. The number of hydroxylamine groups is 1.